The van der Waals surface area contributed by atoms with Crippen molar-refractivity contribution in [3.05, 3.63) is 24.2 Å². The number of halogens is 1. The number of alkyl halides is 1. The van der Waals surface area contributed by atoms with Gasteiger partial charge in [0.05, 0.1) is 0 Å². The second-order valence-corrected chi connectivity index (χ2v) is 6.19. The molecule has 3 rings (SSSR count). The lowest BCUT2D eigenvalue weighted by Crippen LogP contribution is -2.09. The minimum Gasteiger partial charge on any atom is -0.312 e. The molecule has 0 radical (unpaired) electrons. The van der Waals surface area contributed by atoms with Crippen LogP contribution in [0.3, 0.4) is 0 Å². The average molecular weight is 264 g/mol. The first-order chi connectivity index (χ1) is 8.62. The third-order valence-corrected chi connectivity index (χ3v) is 4.21. The molecule has 0 amide bonds. The van der Waals surface area contributed by atoms with Gasteiger partial charge < -0.3 is 4.57 Å². The molecule has 1 unspecified atom stereocenters. The molecule has 0 saturated heterocycles. The topological polar surface area (TPSA) is 30.7 Å². The van der Waals surface area contributed by atoms with Gasteiger partial charge in [-0.3, -0.25) is 0 Å². The summed E-state index contributed by atoms with van der Waals surface area (Å²) in [5.74, 6) is 2.42. The molecule has 2 heterocycles. The molecule has 2 aromatic rings. The second kappa shape index (κ2) is 4.23. The first kappa shape index (κ1) is 12.0. The molecule has 0 bridgehead atoms. The van der Waals surface area contributed by atoms with Crippen molar-refractivity contribution < 1.29 is 0 Å². The summed E-state index contributed by atoms with van der Waals surface area (Å²) in [5.41, 5.74) is 2.46. The van der Waals surface area contributed by atoms with Crippen LogP contribution in [0.2, 0.25) is 0 Å². The molecule has 1 saturated carbocycles. The molecule has 1 aliphatic rings. The fraction of sp³-hybridized carbons (Fsp3) is 0.571. The third-order valence-electron chi connectivity index (χ3n) is 4.02. The average Bonchev–Trinajstić information content (AvgIpc) is 2.79. The molecule has 0 spiro atoms. The highest BCUT2D eigenvalue weighted by molar-refractivity contribution is 6.17. The van der Waals surface area contributed by atoms with Crippen molar-refractivity contribution in [3.8, 4) is 0 Å². The first-order valence-electron chi connectivity index (χ1n) is 6.48. The van der Waals surface area contributed by atoms with E-state index in [1.54, 1.807) is 0 Å². The van der Waals surface area contributed by atoms with Crippen molar-refractivity contribution in [1.82, 2.24) is 14.5 Å². The third kappa shape index (κ3) is 2.01. The van der Waals surface area contributed by atoms with Gasteiger partial charge in [0.25, 0.3) is 0 Å². The van der Waals surface area contributed by atoms with Gasteiger partial charge >= 0.3 is 0 Å². The molecule has 3 nitrogen and oxygen atoms in total. The Bertz CT molecular complexity index is 573. The van der Waals surface area contributed by atoms with Crippen LogP contribution in [-0.2, 0) is 13.0 Å². The lowest BCUT2D eigenvalue weighted by molar-refractivity contribution is 0.495. The highest BCUT2D eigenvalue weighted by Crippen LogP contribution is 2.52. The van der Waals surface area contributed by atoms with Crippen molar-refractivity contribution in [2.75, 3.05) is 5.88 Å². The zero-order chi connectivity index (χ0) is 12.8. The van der Waals surface area contributed by atoms with Gasteiger partial charge in [0.1, 0.15) is 11.3 Å². The quantitative estimate of drug-likeness (QED) is 0.793. The highest BCUT2D eigenvalue weighted by atomic mass is 35.5. The zero-order valence-corrected chi connectivity index (χ0v) is 11.6. The molecule has 0 N–H and O–H groups in total. The lowest BCUT2D eigenvalue weighted by atomic mass is 10.1. The summed E-state index contributed by atoms with van der Waals surface area (Å²) in [6.07, 6.45) is 3.94. The molecular weight excluding hydrogens is 246 g/mol. The Balaban J connectivity index is 1.99. The van der Waals surface area contributed by atoms with Crippen molar-refractivity contribution in [2.45, 2.75) is 33.2 Å². The summed E-state index contributed by atoms with van der Waals surface area (Å²) in [6.45, 7) is 5.67. The van der Waals surface area contributed by atoms with Gasteiger partial charge in [0.2, 0.25) is 0 Å². The van der Waals surface area contributed by atoms with E-state index in [9.17, 15) is 0 Å². The largest absolute Gasteiger partial charge is 0.312 e. The number of nitrogens with zero attached hydrogens (tertiary/aromatic N) is 3. The van der Waals surface area contributed by atoms with Gasteiger partial charge in [0, 0.05) is 25.0 Å². The summed E-state index contributed by atoms with van der Waals surface area (Å²) in [5, 5.41) is 0. The van der Waals surface area contributed by atoms with Gasteiger partial charge in [0.15, 0.2) is 5.65 Å². The van der Waals surface area contributed by atoms with Crippen LogP contribution in [0.25, 0.3) is 11.2 Å². The van der Waals surface area contributed by atoms with Crippen molar-refractivity contribution in [1.29, 1.82) is 0 Å². The minimum absolute atomic E-state index is 0.476. The van der Waals surface area contributed by atoms with Crippen LogP contribution in [0.15, 0.2) is 18.3 Å². The van der Waals surface area contributed by atoms with E-state index >= 15 is 0 Å². The van der Waals surface area contributed by atoms with E-state index in [1.165, 1.54) is 6.42 Å². The Morgan fingerprint density at radius 1 is 1.50 bits per heavy atom. The van der Waals surface area contributed by atoms with Gasteiger partial charge in [-0.2, -0.15) is 0 Å². The Hall–Kier alpha value is -1.09. The van der Waals surface area contributed by atoms with E-state index < -0.39 is 0 Å². The predicted octanol–water partition coefficient (Wildman–Crippen LogP) is 3.26. The summed E-state index contributed by atoms with van der Waals surface area (Å²) >= 11 is 5.87. The van der Waals surface area contributed by atoms with E-state index in [1.807, 2.05) is 18.3 Å². The van der Waals surface area contributed by atoms with Crippen LogP contribution in [0, 0.1) is 11.3 Å². The predicted molar refractivity (Wildman–Crippen MR) is 73.8 cm³/mol. The summed E-state index contributed by atoms with van der Waals surface area (Å²) in [7, 11) is 0. The van der Waals surface area contributed by atoms with E-state index in [-0.39, 0.29) is 0 Å². The lowest BCUT2D eigenvalue weighted by Gasteiger charge is -2.09. The van der Waals surface area contributed by atoms with Gasteiger partial charge in [-0.05, 0) is 29.9 Å². The summed E-state index contributed by atoms with van der Waals surface area (Å²) in [4.78, 5) is 9.12. The van der Waals surface area contributed by atoms with Gasteiger partial charge in [-0.25, -0.2) is 9.97 Å². The Kier molecular flexibility index (Phi) is 2.81. The van der Waals surface area contributed by atoms with Crippen LogP contribution >= 0.6 is 11.6 Å². The van der Waals surface area contributed by atoms with Gasteiger partial charge in [-0.15, -0.1) is 11.6 Å². The van der Waals surface area contributed by atoms with Crippen molar-refractivity contribution >= 4 is 22.8 Å². The maximum Gasteiger partial charge on any atom is 0.159 e. The zero-order valence-electron chi connectivity index (χ0n) is 10.9. The molecule has 0 aromatic carbocycles. The molecule has 0 aliphatic heterocycles. The fourth-order valence-electron chi connectivity index (χ4n) is 2.58. The normalized spacial score (nSPS) is 21.4. The monoisotopic (exact) mass is 263 g/mol. The first-order valence-corrected chi connectivity index (χ1v) is 7.01. The molecular formula is C14H18ClN3. The van der Waals surface area contributed by atoms with E-state index in [2.05, 4.69) is 28.4 Å². The Morgan fingerprint density at radius 3 is 2.94 bits per heavy atom. The second-order valence-electron chi connectivity index (χ2n) is 5.81. The number of aryl methyl sites for hydroxylation is 1. The minimum atomic E-state index is 0.476. The number of rotatable bonds is 4. The maximum absolute atomic E-state index is 5.87. The Morgan fingerprint density at radius 2 is 2.28 bits per heavy atom. The van der Waals surface area contributed by atoms with E-state index in [0.717, 1.165) is 35.9 Å². The molecule has 96 valence electrons. The standard InChI is InChI=1S/C14H18ClN3/c1-14(2)8-10(14)9-18-12(5-6-15)17-11-4-3-7-16-13(11)18/h3-4,7,10H,5-6,8-9H2,1-2H3. The molecule has 1 aliphatic carbocycles. The number of imidazole rings is 1. The maximum atomic E-state index is 5.87. The Labute approximate surface area is 112 Å². The number of fused-ring (bicyclic) bond motifs is 1. The molecule has 1 atom stereocenters. The number of pyridine rings is 1. The van der Waals surface area contributed by atoms with Crippen LogP contribution in [0.5, 0.6) is 0 Å². The van der Waals surface area contributed by atoms with Crippen molar-refractivity contribution in [3.63, 3.8) is 0 Å². The SMILES string of the molecule is CC1(C)CC1Cn1c(CCCl)nc2cccnc21. The molecule has 1 fully saturated rings. The highest BCUT2D eigenvalue weighted by Gasteiger charge is 2.45. The van der Waals surface area contributed by atoms with Crippen LogP contribution in [-0.4, -0.2) is 20.4 Å². The van der Waals surface area contributed by atoms with Crippen LogP contribution < -0.4 is 0 Å². The van der Waals surface area contributed by atoms with Crippen LogP contribution in [0.4, 0.5) is 0 Å². The molecule has 4 heteroatoms. The van der Waals surface area contributed by atoms with Crippen LogP contribution in [0.1, 0.15) is 26.1 Å². The van der Waals surface area contributed by atoms with Gasteiger partial charge in [-0.1, -0.05) is 13.8 Å². The summed E-state index contributed by atoms with van der Waals surface area (Å²) in [6, 6.07) is 3.96. The number of aromatic nitrogens is 3. The number of hydrogen-bond donors (Lipinski definition) is 0. The molecule has 2 aromatic heterocycles. The van der Waals surface area contributed by atoms with Crippen molar-refractivity contribution in [2.24, 2.45) is 11.3 Å². The number of hydrogen-bond acceptors (Lipinski definition) is 2. The summed E-state index contributed by atoms with van der Waals surface area (Å²) < 4.78 is 2.26. The van der Waals surface area contributed by atoms with E-state index in [0.29, 0.717) is 11.3 Å². The molecule has 18 heavy (non-hydrogen) atoms. The van der Waals surface area contributed by atoms with E-state index in [4.69, 9.17) is 11.6 Å². The fourth-order valence-corrected chi connectivity index (χ4v) is 2.75. The smallest absolute Gasteiger partial charge is 0.159 e.